The number of ether oxygens (including phenoxy) is 2. The monoisotopic (exact) mass is 414 g/mol. The van der Waals surface area contributed by atoms with Crippen LogP contribution in [-0.4, -0.2) is 43.3 Å². The van der Waals surface area contributed by atoms with Gasteiger partial charge in [-0.15, -0.1) is 0 Å². The molecule has 0 heterocycles. The van der Waals surface area contributed by atoms with Gasteiger partial charge >= 0.3 is 16.1 Å². The number of carbonyl (C=O) groups is 1. The molecule has 0 aliphatic rings. The molecule has 10 heteroatoms. The van der Waals surface area contributed by atoms with E-state index in [1.165, 1.54) is 56.7 Å². The van der Waals surface area contributed by atoms with Crippen molar-refractivity contribution in [2.75, 3.05) is 20.5 Å². The van der Waals surface area contributed by atoms with Crippen molar-refractivity contribution in [1.82, 2.24) is 0 Å². The lowest BCUT2D eigenvalue weighted by atomic mass is 10.2. The predicted octanol–water partition coefficient (Wildman–Crippen LogP) is 1.79. The highest BCUT2D eigenvalue weighted by atomic mass is 32.2. The number of esters is 1. The summed E-state index contributed by atoms with van der Waals surface area (Å²) in [5.74, 6) is -1.02. The molecule has 8 nitrogen and oxygen atoms in total. The van der Waals surface area contributed by atoms with Crippen LogP contribution in [0.4, 0.5) is 0 Å². The lowest BCUT2D eigenvalue weighted by molar-refractivity contribution is 0.0600. The second kappa shape index (κ2) is 7.97. The normalized spacial score (nSPS) is 11.7. The van der Waals surface area contributed by atoms with Gasteiger partial charge in [0.2, 0.25) is 0 Å². The van der Waals surface area contributed by atoms with Crippen molar-refractivity contribution in [1.29, 1.82) is 0 Å². The van der Waals surface area contributed by atoms with Crippen molar-refractivity contribution in [3.8, 4) is 11.5 Å². The van der Waals surface area contributed by atoms with Gasteiger partial charge in [0.15, 0.2) is 21.3 Å². The van der Waals surface area contributed by atoms with Gasteiger partial charge in [-0.25, -0.2) is 13.2 Å². The number of carbonyl (C=O) groups excluding carboxylic acids is 1. The van der Waals surface area contributed by atoms with E-state index in [4.69, 9.17) is 8.92 Å². The van der Waals surface area contributed by atoms with Crippen LogP contribution in [0.1, 0.15) is 15.9 Å². The minimum Gasteiger partial charge on any atom is -0.493 e. The molecule has 0 radical (unpaired) electrons. The molecule has 0 N–H and O–H groups in total. The maximum atomic E-state index is 12.5. The minimum atomic E-state index is -4.25. The summed E-state index contributed by atoms with van der Waals surface area (Å²) in [4.78, 5) is 11.4. The third-order valence-electron chi connectivity index (χ3n) is 3.40. The number of hydrogen-bond acceptors (Lipinski definition) is 8. The maximum Gasteiger partial charge on any atom is 0.339 e. The Kier molecular flexibility index (Phi) is 6.11. The van der Waals surface area contributed by atoms with E-state index in [2.05, 4.69) is 4.74 Å². The molecule has 2 aromatic rings. The van der Waals surface area contributed by atoms with Crippen LogP contribution in [0, 0.1) is 0 Å². The predicted molar refractivity (Wildman–Crippen MR) is 97.1 cm³/mol. The fourth-order valence-electron chi connectivity index (χ4n) is 2.24. The van der Waals surface area contributed by atoms with Crippen molar-refractivity contribution in [2.45, 2.75) is 10.6 Å². The average molecular weight is 414 g/mol. The fourth-order valence-corrected chi connectivity index (χ4v) is 4.04. The molecular formula is C17H18O8S2. The molecule has 0 unspecified atom stereocenters. The summed E-state index contributed by atoms with van der Waals surface area (Å²) in [6.07, 6.45) is 1.05. The largest absolute Gasteiger partial charge is 0.493 e. The lowest BCUT2D eigenvalue weighted by Crippen LogP contribution is -2.12. The van der Waals surface area contributed by atoms with Crippen LogP contribution in [0.5, 0.6) is 11.5 Å². The van der Waals surface area contributed by atoms with Crippen molar-refractivity contribution < 1.29 is 35.3 Å². The van der Waals surface area contributed by atoms with Gasteiger partial charge in [0.05, 0.1) is 25.5 Å². The maximum absolute atomic E-state index is 12.5. The molecule has 0 fully saturated rings. The van der Waals surface area contributed by atoms with E-state index >= 15 is 0 Å². The van der Waals surface area contributed by atoms with Crippen LogP contribution < -0.4 is 8.92 Å². The highest BCUT2D eigenvalue weighted by Crippen LogP contribution is 2.31. The zero-order chi connectivity index (χ0) is 20.2. The fraction of sp³-hybridized carbons (Fsp3) is 0.235. The van der Waals surface area contributed by atoms with Gasteiger partial charge in [-0.05, 0) is 35.9 Å². The Hall–Kier alpha value is -2.59. The summed E-state index contributed by atoms with van der Waals surface area (Å²) in [7, 11) is -5.07. The summed E-state index contributed by atoms with van der Waals surface area (Å²) < 4.78 is 62.7. The van der Waals surface area contributed by atoms with Gasteiger partial charge in [0.25, 0.3) is 0 Å². The van der Waals surface area contributed by atoms with Crippen LogP contribution in [0.15, 0.2) is 47.4 Å². The number of sulfone groups is 1. The second-order valence-electron chi connectivity index (χ2n) is 5.61. The van der Waals surface area contributed by atoms with Gasteiger partial charge < -0.3 is 13.7 Å². The van der Waals surface area contributed by atoms with Gasteiger partial charge in [-0.2, -0.15) is 8.42 Å². The summed E-state index contributed by atoms with van der Waals surface area (Å²) in [5.41, 5.74) is 0.476. The Balaban J connectivity index is 2.36. The first kappa shape index (κ1) is 20.7. The molecule has 2 aromatic carbocycles. The highest BCUT2D eigenvalue weighted by Gasteiger charge is 2.21. The molecule has 0 atom stereocenters. The van der Waals surface area contributed by atoms with Crippen LogP contribution in [0.2, 0.25) is 0 Å². The van der Waals surface area contributed by atoms with Crippen molar-refractivity contribution >= 4 is 25.9 Å². The van der Waals surface area contributed by atoms with Crippen molar-refractivity contribution in [2.24, 2.45) is 0 Å². The first-order valence-corrected chi connectivity index (χ1v) is 11.0. The zero-order valence-electron chi connectivity index (χ0n) is 14.8. The number of rotatable bonds is 7. The van der Waals surface area contributed by atoms with E-state index in [-0.39, 0.29) is 27.7 Å². The van der Waals surface area contributed by atoms with E-state index in [0.29, 0.717) is 5.56 Å². The molecule has 2 rings (SSSR count). The SMILES string of the molecule is COC(=O)c1ccc(OS(=O)(=O)c2cccc(CS(C)(=O)=O)c2)c(OC)c1. The zero-order valence-corrected chi connectivity index (χ0v) is 16.5. The molecule has 146 valence electrons. The Morgan fingerprint density at radius 1 is 0.963 bits per heavy atom. The summed E-state index contributed by atoms with van der Waals surface area (Å²) >= 11 is 0. The second-order valence-corrected chi connectivity index (χ2v) is 9.30. The third kappa shape index (κ3) is 5.44. The first-order chi connectivity index (χ1) is 12.6. The van der Waals surface area contributed by atoms with E-state index in [9.17, 15) is 21.6 Å². The topological polar surface area (TPSA) is 113 Å². The summed E-state index contributed by atoms with van der Waals surface area (Å²) in [6, 6.07) is 9.33. The molecule has 0 amide bonds. The van der Waals surface area contributed by atoms with Crippen LogP contribution in [0.25, 0.3) is 0 Å². The van der Waals surface area contributed by atoms with Gasteiger partial charge in [0.1, 0.15) is 4.90 Å². The molecule has 0 aromatic heterocycles. The Morgan fingerprint density at radius 2 is 1.67 bits per heavy atom. The standard InChI is InChI=1S/C17H18O8S2/c1-23-16-10-13(17(18)24-2)7-8-15(16)25-27(21,22)14-6-4-5-12(9-14)11-26(3,19)20/h4-10H,11H2,1-3H3. The van der Waals surface area contributed by atoms with Crippen LogP contribution >= 0.6 is 0 Å². The number of methoxy groups -OCH3 is 2. The summed E-state index contributed by atoms with van der Waals surface area (Å²) in [6.45, 7) is 0. The van der Waals surface area contributed by atoms with Crippen LogP contribution in [0.3, 0.4) is 0 Å². The van der Waals surface area contributed by atoms with E-state index < -0.39 is 25.9 Å². The number of benzene rings is 2. The van der Waals surface area contributed by atoms with Gasteiger partial charge in [-0.3, -0.25) is 0 Å². The minimum absolute atomic E-state index is 0.0220. The van der Waals surface area contributed by atoms with E-state index in [0.717, 1.165) is 6.26 Å². The van der Waals surface area contributed by atoms with Crippen molar-refractivity contribution in [3.05, 3.63) is 53.6 Å². The molecule has 27 heavy (non-hydrogen) atoms. The molecule has 0 spiro atoms. The Bertz CT molecular complexity index is 1060. The highest BCUT2D eigenvalue weighted by molar-refractivity contribution is 7.89. The third-order valence-corrected chi connectivity index (χ3v) is 5.49. The first-order valence-electron chi connectivity index (χ1n) is 7.53. The molecule has 0 aliphatic carbocycles. The van der Waals surface area contributed by atoms with E-state index in [1.54, 1.807) is 0 Å². The molecular weight excluding hydrogens is 396 g/mol. The summed E-state index contributed by atoms with van der Waals surface area (Å²) in [5, 5.41) is 0. The molecule has 0 saturated heterocycles. The Labute approximate surface area is 157 Å². The lowest BCUT2D eigenvalue weighted by Gasteiger charge is -2.12. The van der Waals surface area contributed by atoms with Gasteiger partial charge in [-0.1, -0.05) is 12.1 Å². The molecule has 0 saturated carbocycles. The van der Waals surface area contributed by atoms with Gasteiger partial charge in [0, 0.05) is 6.26 Å². The quantitative estimate of drug-likeness (QED) is 0.498. The average Bonchev–Trinajstić information content (AvgIpc) is 2.60. The molecule has 0 bridgehead atoms. The molecule has 0 aliphatic heterocycles. The van der Waals surface area contributed by atoms with Crippen LogP contribution in [-0.2, 0) is 30.4 Å². The van der Waals surface area contributed by atoms with Crippen molar-refractivity contribution in [3.63, 3.8) is 0 Å². The smallest absolute Gasteiger partial charge is 0.339 e. The Morgan fingerprint density at radius 3 is 2.26 bits per heavy atom. The van der Waals surface area contributed by atoms with E-state index in [1.807, 2.05) is 0 Å². The number of hydrogen-bond donors (Lipinski definition) is 0.